The summed E-state index contributed by atoms with van der Waals surface area (Å²) in [5.74, 6) is -5.29. The number of nitro groups is 1. The van der Waals surface area contributed by atoms with Crippen molar-refractivity contribution in [3.8, 4) is 0 Å². The van der Waals surface area contributed by atoms with Gasteiger partial charge in [-0.25, -0.2) is 28.1 Å². The van der Waals surface area contributed by atoms with E-state index in [1.165, 1.54) is 6.33 Å². The molecule has 22 heavy (non-hydrogen) atoms. The quantitative estimate of drug-likeness (QED) is 0.437. The van der Waals surface area contributed by atoms with E-state index in [1.54, 1.807) is 0 Å². The van der Waals surface area contributed by atoms with E-state index in [2.05, 4.69) is 25.3 Å². The summed E-state index contributed by atoms with van der Waals surface area (Å²) in [7, 11) is 0. The molecule has 0 aliphatic rings. The van der Waals surface area contributed by atoms with Gasteiger partial charge in [0.2, 0.25) is 0 Å². The van der Waals surface area contributed by atoms with Gasteiger partial charge in [0, 0.05) is 0 Å². The Hall–Kier alpha value is -3.24. The molecular weight excluding hydrogens is 305 g/mol. The number of fused-ring (bicyclic) bond motifs is 1. The van der Waals surface area contributed by atoms with Crippen molar-refractivity contribution in [3.63, 3.8) is 0 Å². The van der Waals surface area contributed by atoms with E-state index in [4.69, 9.17) is 0 Å². The fourth-order valence-electron chi connectivity index (χ4n) is 1.82. The van der Waals surface area contributed by atoms with Crippen LogP contribution in [-0.2, 0) is 0 Å². The van der Waals surface area contributed by atoms with E-state index in [1.807, 2.05) is 0 Å². The Morgan fingerprint density at radius 3 is 2.68 bits per heavy atom. The first-order valence-corrected chi connectivity index (χ1v) is 5.72. The fourth-order valence-corrected chi connectivity index (χ4v) is 1.82. The van der Waals surface area contributed by atoms with Gasteiger partial charge in [0.05, 0.1) is 17.3 Å². The number of nitrogens with zero attached hydrogens (tertiary/aromatic N) is 4. The highest BCUT2D eigenvalue weighted by Crippen LogP contribution is 2.33. The second-order valence-corrected chi connectivity index (χ2v) is 4.09. The number of halogens is 3. The average Bonchev–Trinajstić information content (AvgIpc) is 2.96. The molecule has 0 atom stereocenters. The van der Waals surface area contributed by atoms with Crippen molar-refractivity contribution in [1.29, 1.82) is 0 Å². The van der Waals surface area contributed by atoms with Crippen molar-refractivity contribution in [2.24, 2.45) is 0 Å². The lowest BCUT2D eigenvalue weighted by Gasteiger charge is -2.08. The van der Waals surface area contributed by atoms with Crippen LogP contribution in [0.2, 0.25) is 0 Å². The highest BCUT2D eigenvalue weighted by molar-refractivity contribution is 5.86. The van der Waals surface area contributed by atoms with Crippen molar-refractivity contribution in [1.82, 2.24) is 19.9 Å². The Morgan fingerprint density at radius 2 is 1.95 bits per heavy atom. The first kappa shape index (κ1) is 13.7. The number of anilines is 2. The standard InChI is InChI=1S/C11H5F3N6O2/c12-4-1-5(20(21)22)8(7(14)6(4)13)19-11-9-10(16-2-15-9)17-3-18-11/h1-3H,(H2,15,16,17,18,19). The molecule has 0 bridgehead atoms. The number of imidazole rings is 1. The minimum absolute atomic E-state index is 0.0736. The van der Waals surface area contributed by atoms with Gasteiger partial charge in [-0.15, -0.1) is 0 Å². The zero-order chi connectivity index (χ0) is 15.9. The zero-order valence-electron chi connectivity index (χ0n) is 10.5. The third kappa shape index (κ3) is 2.08. The van der Waals surface area contributed by atoms with Crippen molar-refractivity contribution < 1.29 is 18.1 Å². The summed E-state index contributed by atoms with van der Waals surface area (Å²) < 4.78 is 40.3. The molecule has 8 nitrogen and oxygen atoms in total. The molecule has 112 valence electrons. The van der Waals surface area contributed by atoms with Gasteiger partial charge >= 0.3 is 0 Å². The van der Waals surface area contributed by atoms with Crippen LogP contribution < -0.4 is 5.32 Å². The molecule has 11 heteroatoms. The lowest BCUT2D eigenvalue weighted by Crippen LogP contribution is -2.05. The van der Waals surface area contributed by atoms with Crippen LogP contribution >= 0.6 is 0 Å². The maximum atomic E-state index is 13.8. The molecule has 2 heterocycles. The summed E-state index contributed by atoms with van der Waals surface area (Å²) in [6.07, 6.45) is 2.36. The molecule has 2 aromatic heterocycles. The lowest BCUT2D eigenvalue weighted by atomic mass is 10.2. The Bertz CT molecular complexity index is 897. The van der Waals surface area contributed by atoms with Crippen LogP contribution in [0.4, 0.5) is 30.4 Å². The number of H-pyrrole nitrogens is 1. The topological polar surface area (TPSA) is 110 Å². The maximum absolute atomic E-state index is 13.8. The highest BCUT2D eigenvalue weighted by atomic mass is 19.2. The van der Waals surface area contributed by atoms with Crippen molar-refractivity contribution >= 4 is 28.4 Å². The summed E-state index contributed by atoms with van der Waals surface area (Å²) in [5, 5.41) is 13.2. The van der Waals surface area contributed by atoms with Crippen LogP contribution in [0.3, 0.4) is 0 Å². The first-order chi connectivity index (χ1) is 10.5. The second kappa shape index (κ2) is 4.95. The molecule has 0 aliphatic heterocycles. The van der Waals surface area contributed by atoms with Crippen LogP contribution in [0.15, 0.2) is 18.7 Å². The SMILES string of the molecule is O=[N+]([O-])c1cc(F)c(F)c(F)c1Nc1ncnc2nc[nH]c12. The Balaban J connectivity index is 2.18. The lowest BCUT2D eigenvalue weighted by molar-refractivity contribution is -0.384. The summed E-state index contributed by atoms with van der Waals surface area (Å²) in [6, 6.07) is 0.284. The molecular formula is C11H5F3N6O2. The fraction of sp³-hybridized carbons (Fsp3) is 0. The minimum atomic E-state index is -1.83. The van der Waals surface area contributed by atoms with Gasteiger partial charge in [0.1, 0.15) is 11.8 Å². The van der Waals surface area contributed by atoms with Crippen molar-refractivity contribution in [2.75, 3.05) is 5.32 Å². The predicted octanol–water partition coefficient (Wildman–Crippen LogP) is 2.42. The number of aromatic nitrogens is 4. The molecule has 2 N–H and O–H groups in total. The third-order valence-corrected chi connectivity index (χ3v) is 2.80. The second-order valence-electron chi connectivity index (χ2n) is 4.09. The molecule has 0 fully saturated rings. The van der Waals surface area contributed by atoms with E-state index in [0.29, 0.717) is 0 Å². The van der Waals surface area contributed by atoms with Gasteiger partial charge in [-0.3, -0.25) is 10.1 Å². The normalized spacial score (nSPS) is 10.9. The number of benzene rings is 1. The number of nitrogens with one attached hydrogen (secondary N) is 2. The highest BCUT2D eigenvalue weighted by Gasteiger charge is 2.26. The summed E-state index contributed by atoms with van der Waals surface area (Å²) in [5.41, 5.74) is -1.38. The van der Waals surface area contributed by atoms with E-state index in [-0.39, 0.29) is 23.0 Å². The van der Waals surface area contributed by atoms with Gasteiger partial charge in [-0.2, -0.15) is 0 Å². The average molecular weight is 310 g/mol. The van der Waals surface area contributed by atoms with E-state index in [0.717, 1.165) is 6.33 Å². The van der Waals surface area contributed by atoms with Crippen molar-refractivity contribution in [3.05, 3.63) is 46.3 Å². The van der Waals surface area contributed by atoms with Crippen LogP contribution in [-0.4, -0.2) is 24.9 Å². The molecule has 0 saturated heterocycles. The Kier molecular flexibility index (Phi) is 3.09. The first-order valence-electron chi connectivity index (χ1n) is 5.72. The van der Waals surface area contributed by atoms with Gasteiger partial charge in [0.25, 0.3) is 5.69 Å². The molecule has 0 unspecified atom stereocenters. The summed E-state index contributed by atoms with van der Waals surface area (Å²) in [6.45, 7) is 0. The Morgan fingerprint density at radius 1 is 1.18 bits per heavy atom. The molecule has 3 rings (SSSR count). The van der Waals surface area contributed by atoms with E-state index in [9.17, 15) is 23.3 Å². The molecule has 3 aromatic rings. The number of rotatable bonds is 3. The third-order valence-electron chi connectivity index (χ3n) is 2.80. The molecule has 0 spiro atoms. The Labute approximate surface area is 119 Å². The van der Waals surface area contributed by atoms with Crippen LogP contribution in [0, 0.1) is 27.6 Å². The number of hydrogen-bond acceptors (Lipinski definition) is 6. The van der Waals surface area contributed by atoms with Gasteiger partial charge in [0.15, 0.2) is 34.6 Å². The summed E-state index contributed by atoms with van der Waals surface area (Å²) in [4.78, 5) is 23.9. The molecule has 1 aromatic carbocycles. The van der Waals surface area contributed by atoms with Gasteiger partial charge < -0.3 is 10.3 Å². The summed E-state index contributed by atoms with van der Waals surface area (Å²) >= 11 is 0. The molecule has 0 saturated carbocycles. The van der Waals surface area contributed by atoms with Gasteiger partial charge in [-0.05, 0) is 0 Å². The van der Waals surface area contributed by atoms with Crippen LogP contribution in [0.25, 0.3) is 11.2 Å². The van der Waals surface area contributed by atoms with Crippen LogP contribution in [0.1, 0.15) is 0 Å². The van der Waals surface area contributed by atoms with E-state index < -0.39 is 33.7 Å². The number of aromatic amines is 1. The molecule has 0 amide bonds. The minimum Gasteiger partial charge on any atom is -0.340 e. The van der Waals surface area contributed by atoms with Gasteiger partial charge in [-0.1, -0.05) is 0 Å². The zero-order valence-corrected chi connectivity index (χ0v) is 10.5. The largest absolute Gasteiger partial charge is 0.340 e. The smallest absolute Gasteiger partial charge is 0.298 e. The van der Waals surface area contributed by atoms with E-state index >= 15 is 0 Å². The van der Waals surface area contributed by atoms with Crippen molar-refractivity contribution in [2.45, 2.75) is 0 Å². The predicted molar refractivity (Wildman–Crippen MR) is 67.9 cm³/mol. The van der Waals surface area contributed by atoms with Crippen LogP contribution in [0.5, 0.6) is 0 Å². The number of hydrogen-bond donors (Lipinski definition) is 2. The molecule has 0 radical (unpaired) electrons. The molecule has 0 aliphatic carbocycles. The monoisotopic (exact) mass is 310 g/mol. The maximum Gasteiger partial charge on any atom is 0.298 e. The number of nitro benzene ring substituents is 1.